The minimum absolute atomic E-state index is 0.103. The van der Waals surface area contributed by atoms with E-state index in [1.165, 1.54) is 6.92 Å². The second-order valence-electron chi connectivity index (χ2n) is 1.93. The van der Waals surface area contributed by atoms with Crippen molar-refractivity contribution in [1.82, 2.24) is 5.32 Å². The van der Waals surface area contributed by atoms with E-state index in [-0.39, 0.29) is 31.3 Å². The van der Waals surface area contributed by atoms with Gasteiger partial charge in [0.1, 0.15) is 5.78 Å². The first-order chi connectivity index (χ1) is 4.66. The summed E-state index contributed by atoms with van der Waals surface area (Å²) in [4.78, 5) is 20.8. The lowest BCUT2D eigenvalue weighted by molar-refractivity contribution is -0.127. The van der Waals surface area contributed by atoms with E-state index in [0.29, 0.717) is 0 Å². The average Bonchev–Trinajstić information content (AvgIpc) is 1.82. The zero-order chi connectivity index (χ0) is 7.98. The Hall–Kier alpha value is -0.900. The van der Waals surface area contributed by atoms with Gasteiger partial charge >= 0.3 is 0 Å². The fourth-order valence-corrected chi connectivity index (χ4v) is 0.479. The topological polar surface area (TPSA) is 66.1 Å². The van der Waals surface area contributed by atoms with Crippen LogP contribution in [-0.2, 0) is 14.7 Å². The Morgan fingerprint density at radius 3 is 2.40 bits per heavy atom. The van der Waals surface area contributed by atoms with Crippen LogP contribution in [0.25, 0.3) is 0 Å². The SMILES string of the molecule is CC(=O)CC(=O)NCC[O]. The summed E-state index contributed by atoms with van der Waals surface area (Å²) in [7, 11) is 0. The van der Waals surface area contributed by atoms with Crippen molar-refractivity contribution in [1.29, 1.82) is 0 Å². The molecule has 0 rings (SSSR count). The smallest absolute Gasteiger partial charge is 0.227 e. The lowest BCUT2D eigenvalue weighted by Gasteiger charge is -1.97. The lowest BCUT2D eigenvalue weighted by atomic mass is 10.3. The molecule has 0 saturated carbocycles. The molecule has 0 saturated heterocycles. The summed E-state index contributed by atoms with van der Waals surface area (Å²) in [6, 6.07) is 0. The fourth-order valence-electron chi connectivity index (χ4n) is 0.479. The van der Waals surface area contributed by atoms with E-state index in [0.717, 1.165) is 0 Å². The van der Waals surface area contributed by atoms with E-state index in [1.54, 1.807) is 0 Å². The molecule has 0 bridgehead atoms. The van der Waals surface area contributed by atoms with Crippen LogP contribution in [0.2, 0.25) is 0 Å². The molecule has 1 amide bonds. The Kier molecular flexibility index (Phi) is 4.49. The molecule has 0 aliphatic rings. The highest BCUT2D eigenvalue weighted by Crippen LogP contribution is 1.79. The zero-order valence-corrected chi connectivity index (χ0v) is 5.85. The third kappa shape index (κ3) is 5.24. The summed E-state index contributed by atoms with van der Waals surface area (Å²) in [6.45, 7) is 1.09. The molecule has 0 aromatic rings. The van der Waals surface area contributed by atoms with Crippen LogP contribution in [0.1, 0.15) is 13.3 Å². The van der Waals surface area contributed by atoms with E-state index >= 15 is 0 Å². The minimum Gasteiger partial charge on any atom is -0.353 e. The highest BCUT2D eigenvalue weighted by molar-refractivity contribution is 5.96. The monoisotopic (exact) mass is 144 g/mol. The van der Waals surface area contributed by atoms with Crippen LogP contribution in [0.15, 0.2) is 0 Å². The van der Waals surface area contributed by atoms with Gasteiger partial charge in [-0.1, -0.05) is 0 Å². The standard InChI is InChI=1S/C6H10NO3/c1-5(9)4-6(10)7-2-3-8/h2-4H2,1H3,(H,7,10). The van der Waals surface area contributed by atoms with Gasteiger partial charge in [-0.25, -0.2) is 5.11 Å². The third-order valence-electron chi connectivity index (χ3n) is 0.834. The van der Waals surface area contributed by atoms with Crippen LogP contribution in [0.5, 0.6) is 0 Å². The van der Waals surface area contributed by atoms with Crippen molar-refractivity contribution in [2.24, 2.45) is 0 Å². The molecule has 1 N–H and O–H groups in total. The Balaban J connectivity index is 3.35. The molecule has 10 heavy (non-hydrogen) atoms. The fraction of sp³-hybridized carbons (Fsp3) is 0.667. The molecule has 0 aromatic carbocycles. The third-order valence-corrected chi connectivity index (χ3v) is 0.834. The summed E-state index contributed by atoms with van der Waals surface area (Å²) in [5.74, 6) is -0.563. The number of hydrogen-bond acceptors (Lipinski definition) is 2. The number of rotatable bonds is 4. The molecule has 0 fully saturated rings. The van der Waals surface area contributed by atoms with Crippen LogP contribution >= 0.6 is 0 Å². The predicted octanol–water partition coefficient (Wildman–Crippen LogP) is -0.488. The summed E-state index contributed by atoms with van der Waals surface area (Å²) in [6.07, 6.45) is -0.125. The van der Waals surface area contributed by atoms with Crippen molar-refractivity contribution in [3.05, 3.63) is 0 Å². The van der Waals surface area contributed by atoms with Crippen LogP contribution in [0.4, 0.5) is 0 Å². The van der Waals surface area contributed by atoms with Crippen LogP contribution < -0.4 is 5.32 Å². The van der Waals surface area contributed by atoms with Gasteiger partial charge in [0.25, 0.3) is 0 Å². The highest BCUT2D eigenvalue weighted by atomic mass is 16.3. The summed E-state index contributed by atoms with van der Waals surface area (Å²) >= 11 is 0. The number of Topliss-reactive ketones (excluding diaryl/α,β-unsaturated/α-hetero) is 1. The summed E-state index contributed by atoms with van der Waals surface area (Å²) in [5.41, 5.74) is 0. The van der Waals surface area contributed by atoms with E-state index < -0.39 is 0 Å². The van der Waals surface area contributed by atoms with Gasteiger partial charge in [0.15, 0.2) is 0 Å². The van der Waals surface area contributed by atoms with Crippen molar-refractivity contribution in [2.75, 3.05) is 13.2 Å². The van der Waals surface area contributed by atoms with Gasteiger partial charge in [0.05, 0.1) is 13.0 Å². The second kappa shape index (κ2) is 4.93. The number of ketones is 1. The van der Waals surface area contributed by atoms with Crippen LogP contribution in [0.3, 0.4) is 0 Å². The van der Waals surface area contributed by atoms with Gasteiger partial charge in [0.2, 0.25) is 5.91 Å². The molecule has 4 heteroatoms. The molecule has 0 aromatic heterocycles. The Morgan fingerprint density at radius 2 is 2.00 bits per heavy atom. The molecule has 0 atom stereocenters. The largest absolute Gasteiger partial charge is 0.353 e. The van der Waals surface area contributed by atoms with Gasteiger partial charge in [-0.15, -0.1) is 0 Å². The Morgan fingerprint density at radius 1 is 1.40 bits per heavy atom. The number of amides is 1. The van der Waals surface area contributed by atoms with E-state index in [2.05, 4.69) is 5.32 Å². The molecule has 0 unspecified atom stereocenters. The number of hydrogen-bond donors (Lipinski definition) is 1. The molecular weight excluding hydrogens is 134 g/mol. The molecule has 4 nitrogen and oxygen atoms in total. The highest BCUT2D eigenvalue weighted by Gasteiger charge is 2.02. The zero-order valence-electron chi connectivity index (χ0n) is 5.85. The van der Waals surface area contributed by atoms with Gasteiger partial charge in [-0.2, -0.15) is 0 Å². The number of nitrogens with one attached hydrogen (secondary N) is 1. The van der Waals surface area contributed by atoms with Crippen molar-refractivity contribution in [3.8, 4) is 0 Å². The van der Waals surface area contributed by atoms with Crippen LogP contribution in [-0.4, -0.2) is 24.8 Å². The van der Waals surface area contributed by atoms with Crippen molar-refractivity contribution in [2.45, 2.75) is 13.3 Å². The van der Waals surface area contributed by atoms with Crippen LogP contribution in [0, 0.1) is 0 Å². The number of carbonyl (C=O) groups excluding carboxylic acids is 2. The normalized spacial score (nSPS) is 9.00. The maximum atomic E-state index is 10.5. The Labute approximate surface area is 59.2 Å². The summed E-state index contributed by atoms with van der Waals surface area (Å²) in [5, 5.41) is 12.1. The van der Waals surface area contributed by atoms with Crippen molar-refractivity contribution >= 4 is 11.7 Å². The maximum absolute atomic E-state index is 10.5. The quantitative estimate of drug-likeness (QED) is 0.541. The molecule has 57 valence electrons. The first-order valence-corrected chi connectivity index (χ1v) is 3.01. The molecule has 1 radical (unpaired) electrons. The first kappa shape index (κ1) is 9.10. The molecule has 0 aliphatic heterocycles. The van der Waals surface area contributed by atoms with Crippen molar-refractivity contribution < 1.29 is 14.7 Å². The van der Waals surface area contributed by atoms with Gasteiger partial charge in [-0.05, 0) is 6.92 Å². The summed E-state index contributed by atoms with van der Waals surface area (Å²) < 4.78 is 0. The Bertz CT molecular complexity index is 133. The second-order valence-corrected chi connectivity index (χ2v) is 1.93. The molecule has 0 aliphatic carbocycles. The average molecular weight is 144 g/mol. The van der Waals surface area contributed by atoms with Gasteiger partial charge < -0.3 is 5.32 Å². The minimum atomic E-state index is -0.372. The van der Waals surface area contributed by atoms with E-state index in [9.17, 15) is 14.7 Å². The number of carbonyl (C=O) groups is 2. The first-order valence-electron chi connectivity index (χ1n) is 3.01. The molecule has 0 spiro atoms. The van der Waals surface area contributed by atoms with Gasteiger partial charge in [-0.3, -0.25) is 9.59 Å². The van der Waals surface area contributed by atoms with E-state index in [4.69, 9.17) is 0 Å². The maximum Gasteiger partial charge on any atom is 0.227 e. The predicted molar refractivity (Wildman–Crippen MR) is 33.9 cm³/mol. The van der Waals surface area contributed by atoms with E-state index in [1.807, 2.05) is 0 Å². The molecular formula is C6H10NO3. The van der Waals surface area contributed by atoms with Gasteiger partial charge in [0, 0.05) is 6.54 Å². The van der Waals surface area contributed by atoms with Crippen molar-refractivity contribution in [3.63, 3.8) is 0 Å². The molecule has 0 heterocycles. The lowest BCUT2D eigenvalue weighted by Crippen LogP contribution is -2.27.